The number of hydrogen-bond donors (Lipinski definition) is 3. The largest absolute Gasteiger partial charge is 0.481 e. The average Bonchev–Trinajstić information content (AvgIpc) is 3.55. The Morgan fingerprint density at radius 2 is 1.74 bits per heavy atom. The molecule has 0 saturated carbocycles. The van der Waals surface area contributed by atoms with Crippen LogP contribution in [0.3, 0.4) is 0 Å². The van der Waals surface area contributed by atoms with Gasteiger partial charge in [0.05, 0.1) is 19.3 Å². The highest BCUT2D eigenvalue weighted by Crippen LogP contribution is 2.44. The standard InChI is InChI=1S/C24H22N4O7/c1-24(22(30)31)12-33-11-18(24)25-21(29)19-20(28-35-27-19)26-23(32)34-10-17-15-8-4-2-6-13(15)14-7-3-5-9-16(14)17/h2-9,17-18H,10-12H2,1H3,(H,25,29)(H,30,31)(H,26,28,32). The van der Waals surface area contributed by atoms with E-state index in [-0.39, 0.29) is 37.3 Å². The van der Waals surface area contributed by atoms with E-state index in [2.05, 4.69) is 25.6 Å². The van der Waals surface area contributed by atoms with Crippen molar-refractivity contribution in [3.8, 4) is 11.1 Å². The molecule has 1 aliphatic carbocycles. The number of benzene rings is 2. The highest BCUT2D eigenvalue weighted by Gasteiger charge is 2.47. The number of carboxylic acid groups (broad SMARTS) is 1. The topological polar surface area (TPSA) is 153 Å². The van der Waals surface area contributed by atoms with E-state index in [9.17, 15) is 19.5 Å². The zero-order valence-corrected chi connectivity index (χ0v) is 18.7. The van der Waals surface area contributed by atoms with Gasteiger partial charge in [0.25, 0.3) is 5.91 Å². The van der Waals surface area contributed by atoms with Gasteiger partial charge in [0, 0.05) is 5.92 Å². The van der Waals surface area contributed by atoms with Crippen LogP contribution in [0, 0.1) is 5.41 Å². The zero-order valence-electron chi connectivity index (χ0n) is 18.7. The van der Waals surface area contributed by atoms with Crippen LogP contribution >= 0.6 is 0 Å². The quantitative estimate of drug-likeness (QED) is 0.485. The first kappa shape index (κ1) is 22.5. The fraction of sp³-hybridized carbons (Fsp3) is 0.292. The predicted molar refractivity (Wildman–Crippen MR) is 121 cm³/mol. The molecule has 0 radical (unpaired) electrons. The molecule has 35 heavy (non-hydrogen) atoms. The lowest BCUT2D eigenvalue weighted by Gasteiger charge is -2.25. The van der Waals surface area contributed by atoms with Crippen molar-refractivity contribution < 1.29 is 33.6 Å². The number of anilines is 1. The van der Waals surface area contributed by atoms with Crippen LogP contribution in [0.4, 0.5) is 10.6 Å². The predicted octanol–water partition coefficient (Wildman–Crippen LogP) is 2.65. The number of aliphatic carboxylic acids is 1. The van der Waals surface area contributed by atoms with E-state index in [1.54, 1.807) is 0 Å². The molecular formula is C24H22N4O7. The van der Waals surface area contributed by atoms with Crippen molar-refractivity contribution in [2.45, 2.75) is 18.9 Å². The molecule has 1 fully saturated rings. The van der Waals surface area contributed by atoms with Gasteiger partial charge in [-0.05, 0) is 39.5 Å². The van der Waals surface area contributed by atoms with Crippen LogP contribution in [-0.2, 0) is 14.3 Å². The van der Waals surface area contributed by atoms with Crippen LogP contribution in [0.2, 0.25) is 0 Å². The van der Waals surface area contributed by atoms with Crippen LogP contribution in [-0.4, -0.2) is 59.3 Å². The van der Waals surface area contributed by atoms with Crippen LogP contribution in [0.25, 0.3) is 11.1 Å². The number of amides is 2. The summed E-state index contributed by atoms with van der Waals surface area (Å²) in [5.41, 5.74) is 2.71. The highest BCUT2D eigenvalue weighted by molar-refractivity contribution is 6.00. The second-order valence-electron chi connectivity index (χ2n) is 8.68. The molecule has 2 aliphatic rings. The Morgan fingerprint density at radius 3 is 2.40 bits per heavy atom. The van der Waals surface area contributed by atoms with E-state index in [1.807, 2.05) is 48.5 Å². The number of fused-ring (bicyclic) bond motifs is 3. The number of carbonyl (C=O) groups excluding carboxylic acids is 2. The van der Waals surface area contributed by atoms with Crippen molar-refractivity contribution in [3.05, 3.63) is 65.4 Å². The van der Waals surface area contributed by atoms with Crippen molar-refractivity contribution in [2.24, 2.45) is 5.41 Å². The smallest absolute Gasteiger partial charge is 0.412 e. The maximum Gasteiger partial charge on any atom is 0.412 e. The third-order valence-corrected chi connectivity index (χ3v) is 6.52. The van der Waals surface area contributed by atoms with Crippen molar-refractivity contribution in [3.63, 3.8) is 0 Å². The van der Waals surface area contributed by atoms with Crippen LogP contribution in [0.1, 0.15) is 34.5 Å². The van der Waals surface area contributed by atoms with Crippen LogP contribution < -0.4 is 10.6 Å². The van der Waals surface area contributed by atoms with Gasteiger partial charge in [0.1, 0.15) is 12.0 Å². The number of ether oxygens (including phenoxy) is 2. The van der Waals surface area contributed by atoms with Gasteiger partial charge in [-0.2, -0.15) is 0 Å². The molecule has 2 amide bonds. The summed E-state index contributed by atoms with van der Waals surface area (Å²) in [7, 11) is 0. The number of carboxylic acids is 1. The summed E-state index contributed by atoms with van der Waals surface area (Å²) in [6, 6.07) is 15.1. The summed E-state index contributed by atoms with van der Waals surface area (Å²) in [4.78, 5) is 36.8. The lowest BCUT2D eigenvalue weighted by atomic mass is 9.85. The first-order chi connectivity index (χ1) is 16.9. The van der Waals surface area contributed by atoms with Crippen molar-refractivity contribution in [1.29, 1.82) is 0 Å². The SMILES string of the molecule is CC1(C(=O)O)COCC1NC(=O)c1nonc1NC(=O)OCC1c2ccccc2-c2ccccc21. The van der Waals surface area contributed by atoms with E-state index in [0.29, 0.717) is 0 Å². The molecule has 2 unspecified atom stereocenters. The number of nitrogens with zero attached hydrogens (tertiary/aromatic N) is 2. The molecule has 3 aromatic rings. The van der Waals surface area contributed by atoms with Gasteiger partial charge in [0.15, 0.2) is 0 Å². The fourth-order valence-electron chi connectivity index (χ4n) is 4.46. The summed E-state index contributed by atoms with van der Waals surface area (Å²) in [6.45, 7) is 1.53. The van der Waals surface area contributed by atoms with Gasteiger partial charge in [-0.25, -0.2) is 9.42 Å². The second kappa shape index (κ2) is 8.84. The van der Waals surface area contributed by atoms with E-state index >= 15 is 0 Å². The van der Waals surface area contributed by atoms with Gasteiger partial charge in [-0.15, -0.1) is 0 Å². The Labute approximate surface area is 199 Å². The highest BCUT2D eigenvalue weighted by atomic mass is 16.6. The molecule has 5 rings (SSSR count). The molecule has 3 N–H and O–H groups in total. The number of rotatable bonds is 6. The number of nitrogens with one attached hydrogen (secondary N) is 2. The van der Waals surface area contributed by atoms with Gasteiger partial charge < -0.3 is 19.9 Å². The van der Waals surface area contributed by atoms with E-state index in [4.69, 9.17) is 9.47 Å². The van der Waals surface area contributed by atoms with Crippen molar-refractivity contribution >= 4 is 23.8 Å². The van der Waals surface area contributed by atoms with Crippen LogP contribution in [0.15, 0.2) is 53.2 Å². The molecule has 11 nitrogen and oxygen atoms in total. The zero-order chi connectivity index (χ0) is 24.6. The minimum Gasteiger partial charge on any atom is -0.481 e. The Kier molecular flexibility index (Phi) is 5.69. The molecule has 1 aliphatic heterocycles. The Bertz CT molecular complexity index is 1260. The van der Waals surface area contributed by atoms with Gasteiger partial charge >= 0.3 is 12.1 Å². The second-order valence-corrected chi connectivity index (χ2v) is 8.68. The third-order valence-electron chi connectivity index (χ3n) is 6.52. The molecule has 2 atom stereocenters. The summed E-state index contributed by atoms with van der Waals surface area (Å²) in [5.74, 6) is -2.24. The molecule has 2 heterocycles. The lowest BCUT2D eigenvalue weighted by Crippen LogP contribution is -2.49. The molecule has 0 bridgehead atoms. The molecular weight excluding hydrogens is 456 g/mol. The molecule has 180 valence electrons. The first-order valence-corrected chi connectivity index (χ1v) is 10.9. The molecule has 1 saturated heterocycles. The van der Waals surface area contributed by atoms with Gasteiger partial charge in [-0.3, -0.25) is 14.9 Å². The van der Waals surface area contributed by atoms with Crippen LogP contribution in [0.5, 0.6) is 0 Å². The number of hydrogen-bond acceptors (Lipinski definition) is 8. The van der Waals surface area contributed by atoms with E-state index < -0.39 is 29.4 Å². The third kappa shape index (κ3) is 3.99. The fourth-order valence-corrected chi connectivity index (χ4v) is 4.46. The minimum absolute atomic E-state index is 0.0228. The van der Waals surface area contributed by atoms with E-state index in [1.165, 1.54) is 6.92 Å². The monoisotopic (exact) mass is 478 g/mol. The first-order valence-electron chi connectivity index (χ1n) is 10.9. The van der Waals surface area contributed by atoms with Crippen molar-refractivity contribution in [1.82, 2.24) is 15.6 Å². The normalized spacial score (nSPS) is 20.7. The lowest BCUT2D eigenvalue weighted by molar-refractivity contribution is -0.148. The van der Waals surface area contributed by atoms with Gasteiger partial charge in [0.2, 0.25) is 11.5 Å². The molecule has 11 heteroatoms. The Morgan fingerprint density at radius 1 is 1.09 bits per heavy atom. The minimum atomic E-state index is -1.30. The van der Waals surface area contributed by atoms with Crippen molar-refractivity contribution in [2.75, 3.05) is 25.1 Å². The van der Waals surface area contributed by atoms with Gasteiger partial charge in [-0.1, -0.05) is 48.5 Å². The Balaban J connectivity index is 1.24. The molecule has 0 spiro atoms. The molecule has 1 aromatic heterocycles. The maximum absolute atomic E-state index is 12.7. The summed E-state index contributed by atoms with van der Waals surface area (Å²) >= 11 is 0. The number of aromatic nitrogens is 2. The van der Waals surface area contributed by atoms with E-state index in [0.717, 1.165) is 22.3 Å². The molecule has 2 aromatic carbocycles. The summed E-state index contributed by atoms with van der Waals surface area (Å²) < 4.78 is 15.3. The Hall–Kier alpha value is -4.25. The maximum atomic E-state index is 12.7. The summed E-state index contributed by atoms with van der Waals surface area (Å²) in [5, 5.41) is 21.5. The average molecular weight is 478 g/mol. The number of carbonyl (C=O) groups is 3. The summed E-state index contributed by atoms with van der Waals surface area (Å²) in [6.07, 6.45) is -0.837.